The maximum atomic E-state index is 3.90. The zero-order valence-corrected chi connectivity index (χ0v) is 40.4. The summed E-state index contributed by atoms with van der Waals surface area (Å²) in [5.41, 5.74) is 1.46. The molecule has 1 aromatic carbocycles. The van der Waals surface area contributed by atoms with E-state index < -0.39 is 0 Å². The number of halogens is 2. The lowest BCUT2D eigenvalue weighted by atomic mass is 10.0. The minimum absolute atomic E-state index is 0.234. The Morgan fingerprint density at radius 1 is 0.431 bits per heavy atom. The summed E-state index contributed by atoms with van der Waals surface area (Å²) in [5.74, 6) is 0. The van der Waals surface area contributed by atoms with Crippen molar-refractivity contribution in [3.63, 3.8) is 0 Å². The van der Waals surface area contributed by atoms with Crippen LogP contribution < -0.4 is 10.4 Å². The quantitative estimate of drug-likeness (QED) is 0.0355. The van der Waals surface area contributed by atoms with Crippen molar-refractivity contribution in [2.24, 2.45) is 0 Å². The Balaban J connectivity index is 2.23. The normalized spacial score (nSPS) is 12.4. The van der Waals surface area contributed by atoms with Crippen molar-refractivity contribution in [3.8, 4) is 0 Å². The van der Waals surface area contributed by atoms with E-state index in [1.165, 1.54) is 216 Å². The van der Waals surface area contributed by atoms with Crippen LogP contribution in [0.1, 0.15) is 256 Å². The second-order valence-electron chi connectivity index (χ2n) is 17.5. The van der Waals surface area contributed by atoms with E-state index in [1.54, 1.807) is 5.19 Å². The summed E-state index contributed by atoms with van der Waals surface area (Å²) in [6.07, 6.45) is 45.9. The Bertz CT molecular complexity index is 912. The lowest BCUT2D eigenvalue weighted by Crippen LogP contribution is -2.33. The molecule has 0 aromatic heterocycles. The highest BCUT2D eigenvalue weighted by Gasteiger charge is 2.24. The first-order valence-corrected chi connectivity index (χ1v) is 26.4. The van der Waals surface area contributed by atoms with Gasteiger partial charge in [0, 0.05) is 0 Å². The van der Waals surface area contributed by atoms with Crippen LogP contribution in [0.3, 0.4) is 0 Å². The van der Waals surface area contributed by atoms with Gasteiger partial charge in [0.25, 0.3) is 0 Å². The van der Waals surface area contributed by atoms with Crippen LogP contribution in [-0.4, -0.2) is 19.0 Å². The van der Waals surface area contributed by atoms with E-state index >= 15 is 0 Å². The van der Waals surface area contributed by atoms with Gasteiger partial charge in [0.2, 0.25) is 0 Å². The minimum Gasteiger partial charge on any atom is -0.0712 e. The summed E-state index contributed by atoms with van der Waals surface area (Å²) in [6.45, 7) is 14.6. The molecule has 0 atom stereocenters. The topological polar surface area (TPSA) is 0 Å². The Kier molecular flexibility index (Phi) is 31.9. The summed E-state index contributed by atoms with van der Waals surface area (Å²) >= 11 is 7.81. The molecule has 0 saturated carbocycles. The van der Waals surface area contributed by atoms with Gasteiger partial charge in [-0.3, -0.25) is 0 Å². The molecule has 0 bridgehead atoms. The third-order valence-electron chi connectivity index (χ3n) is 11.1. The zero-order valence-electron chi connectivity index (χ0n) is 35.2. The molecule has 296 valence electrons. The second kappa shape index (κ2) is 32.8. The van der Waals surface area contributed by atoms with Crippen LogP contribution in [0.2, 0.25) is 10.1 Å². The first-order valence-electron chi connectivity index (χ1n) is 22.6. The van der Waals surface area contributed by atoms with Gasteiger partial charge in [-0.2, -0.15) is 0 Å². The predicted molar refractivity (Wildman–Crippen MR) is 245 cm³/mol. The van der Waals surface area contributed by atoms with Gasteiger partial charge in [0.1, 0.15) is 0 Å². The number of unbranched alkanes of at least 4 members (excludes halogenated alkanes) is 28. The third-order valence-corrected chi connectivity index (χ3v) is 15.2. The van der Waals surface area contributed by atoms with Gasteiger partial charge in [-0.15, -0.1) is 0 Å². The number of hydrogen-bond donors (Lipinski definition) is 0. The molecule has 4 radical (unpaired) electrons. The Morgan fingerprint density at radius 2 is 0.725 bits per heavy atom. The van der Waals surface area contributed by atoms with Crippen LogP contribution >= 0.6 is 31.9 Å². The average molecular weight is 867 g/mol. The van der Waals surface area contributed by atoms with E-state index in [0.29, 0.717) is 10.1 Å². The van der Waals surface area contributed by atoms with Gasteiger partial charge in [-0.05, 0) is 15.6 Å². The van der Waals surface area contributed by atoms with E-state index in [1.807, 2.05) is 0 Å². The van der Waals surface area contributed by atoms with Crippen LogP contribution in [-0.2, 0) is 0 Å². The molecule has 0 aliphatic rings. The smallest absolute Gasteiger partial charge is 0.0712 e. The minimum atomic E-state index is 0.234. The van der Waals surface area contributed by atoms with Crippen LogP contribution in [0.15, 0.2) is 18.2 Å². The van der Waals surface area contributed by atoms with Crippen LogP contribution in [0.25, 0.3) is 0 Å². The summed E-state index contributed by atoms with van der Waals surface area (Å²) < 4.78 is 0.234. The molecule has 0 saturated heterocycles. The maximum Gasteiger partial charge on any atom is 0.0945 e. The molecule has 1 rings (SSSR count). The highest BCUT2D eigenvalue weighted by atomic mass is 79.9. The first kappa shape index (κ1) is 49.6. The largest absolute Gasteiger partial charge is 0.0945 e. The molecule has 51 heavy (non-hydrogen) atoms. The van der Waals surface area contributed by atoms with Crippen molar-refractivity contribution in [2.75, 3.05) is 0 Å². The van der Waals surface area contributed by atoms with Gasteiger partial charge < -0.3 is 0 Å². The lowest BCUT2D eigenvalue weighted by Gasteiger charge is -2.27. The molecule has 0 fully saturated rings. The van der Waals surface area contributed by atoms with Crippen molar-refractivity contribution in [3.05, 3.63) is 23.8 Å². The number of alkyl halides is 2. The summed E-state index contributed by atoms with van der Waals surface area (Å²) in [4.78, 5) is 0. The predicted octanol–water partition coefficient (Wildman–Crippen LogP) is 17.1. The summed E-state index contributed by atoms with van der Waals surface area (Å²) in [7, 11) is 1.74. The Hall–Kier alpha value is 0.614. The molecule has 4 heteroatoms. The molecule has 0 nitrogen and oxygen atoms in total. The van der Waals surface area contributed by atoms with Crippen molar-refractivity contribution in [1.82, 2.24) is 0 Å². The van der Waals surface area contributed by atoms with Gasteiger partial charge in [0.15, 0.2) is 0 Å². The number of hydrogen-bond acceptors (Lipinski definition) is 0. The Labute approximate surface area is 343 Å². The molecule has 1 aromatic rings. The molecule has 0 unspecified atom stereocenters. The molecule has 0 spiro atoms. The van der Waals surface area contributed by atoms with E-state index in [0.717, 1.165) is 19.0 Å². The molecule has 0 aliphatic heterocycles. The molecular weight excluding hydrogens is 780 g/mol. The highest BCUT2D eigenvalue weighted by molar-refractivity contribution is 9.24. The van der Waals surface area contributed by atoms with E-state index in [2.05, 4.69) is 91.6 Å². The molecule has 0 aliphatic carbocycles. The monoisotopic (exact) mass is 864 g/mol. The van der Waals surface area contributed by atoms with Gasteiger partial charge in [-0.25, -0.2) is 0 Å². The van der Waals surface area contributed by atoms with Gasteiger partial charge in [0.05, 0.1) is 22.8 Å². The molecule has 0 heterocycles. The van der Waals surface area contributed by atoms with Crippen molar-refractivity contribution >= 4 is 61.3 Å². The van der Waals surface area contributed by atoms with E-state index in [-0.39, 0.29) is 3.74 Å². The SMILES string of the molecule is CCCCCCCCCCCCCCCCCC(C)(C)[Si]c1ccc([Si]C(C)(C)CCCCCCCCCCCCCCCCC)c(C(Br)Br)c1. The third kappa shape index (κ3) is 29.6. The molecular formula is C47H86Br2Si2. The highest BCUT2D eigenvalue weighted by Crippen LogP contribution is 2.34. The maximum absolute atomic E-state index is 3.90. The zero-order chi connectivity index (χ0) is 37.5. The van der Waals surface area contributed by atoms with Crippen LogP contribution in [0, 0.1) is 0 Å². The second-order valence-corrected chi connectivity index (χ2v) is 24.9. The first-order chi connectivity index (χ1) is 24.6. The van der Waals surface area contributed by atoms with Gasteiger partial charge >= 0.3 is 0 Å². The number of rotatable bonds is 37. The van der Waals surface area contributed by atoms with E-state index in [4.69, 9.17) is 0 Å². The lowest BCUT2D eigenvalue weighted by molar-refractivity contribution is 0.509. The fraction of sp³-hybridized carbons (Fsp3) is 0.872. The Morgan fingerprint density at radius 3 is 1.04 bits per heavy atom. The number of benzene rings is 1. The fourth-order valence-corrected chi connectivity index (χ4v) is 11.9. The van der Waals surface area contributed by atoms with Crippen LogP contribution in [0.5, 0.6) is 0 Å². The standard InChI is InChI=1S/C47H86Br2Si2/c1-7-9-11-13-15-17-19-21-23-25-27-29-31-33-35-39-46(3,4)50-42-37-38-44(43(41-42)45(48)49)51-47(5,6)40-36-34-32-30-28-26-24-22-20-18-16-14-12-10-8-2/h37-38,41,45H,7-36,39-40H2,1-6H3. The fourth-order valence-electron chi connectivity index (χ4n) is 7.69. The van der Waals surface area contributed by atoms with Crippen molar-refractivity contribution in [2.45, 2.75) is 261 Å². The molecule has 0 N–H and O–H groups in total. The summed E-state index contributed by atoms with van der Waals surface area (Å²) in [6, 6.07) is 7.46. The van der Waals surface area contributed by atoms with Crippen molar-refractivity contribution in [1.29, 1.82) is 0 Å². The average Bonchev–Trinajstić information content (AvgIpc) is 3.08. The summed E-state index contributed by atoms with van der Waals surface area (Å²) in [5, 5.41) is 3.84. The van der Waals surface area contributed by atoms with Crippen molar-refractivity contribution < 1.29 is 0 Å². The van der Waals surface area contributed by atoms with Crippen LogP contribution in [0.4, 0.5) is 0 Å². The van der Waals surface area contributed by atoms with E-state index in [9.17, 15) is 0 Å². The van der Waals surface area contributed by atoms with Gasteiger partial charge in [-0.1, -0.05) is 307 Å². The molecule has 0 amide bonds.